The molecule has 0 heterocycles. The molecule has 1 atom stereocenters. The summed E-state index contributed by atoms with van der Waals surface area (Å²) in [6.07, 6.45) is 4.39. The quantitative estimate of drug-likeness (QED) is 0.603. The van der Waals surface area contributed by atoms with Gasteiger partial charge >= 0.3 is 0 Å². The molecule has 1 heteroatoms. The molecule has 1 unspecified atom stereocenters. The van der Waals surface area contributed by atoms with Gasteiger partial charge in [-0.15, -0.1) is 6.58 Å². The summed E-state index contributed by atoms with van der Waals surface area (Å²) in [6.45, 7) is 13.9. The van der Waals surface area contributed by atoms with Crippen LogP contribution in [0.4, 0.5) is 0 Å². The molecule has 0 fully saturated rings. The van der Waals surface area contributed by atoms with Gasteiger partial charge in [0.15, 0.2) is 0 Å². The van der Waals surface area contributed by atoms with Gasteiger partial charge in [-0.2, -0.15) is 0 Å². The SMILES string of the molecule is C=CC(NCCC)C(C)(C)CC. The van der Waals surface area contributed by atoms with E-state index in [4.69, 9.17) is 0 Å². The predicted molar refractivity (Wildman–Crippen MR) is 56.4 cm³/mol. The molecular weight excluding hydrogens is 146 g/mol. The van der Waals surface area contributed by atoms with Crippen LogP contribution in [0.25, 0.3) is 0 Å². The smallest absolute Gasteiger partial charge is 0.0298 e. The zero-order valence-corrected chi connectivity index (χ0v) is 8.98. The van der Waals surface area contributed by atoms with E-state index in [1.807, 2.05) is 6.08 Å². The highest BCUT2D eigenvalue weighted by molar-refractivity contribution is 4.95. The lowest BCUT2D eigenvalue weighted by Gasteiger charge is -2.31. The second-order valence-corrected chi connectivity index (χ2v) is 4.01. The van der Waals surface area contributed by atoms with Crippen LogP contribution in [-0.4, -0.2) is 12.6 Å². The van der Waals surface area contributed by atoms with E-state index in [2.05, 4.69) is 39.6 Å². The molecular formula is C11H23N. The lowest BCUT2D eigenvalue weighted by Crippen LogP contribution is -2.40. The Bertz CT molecular complexity index is 127. The van der Waals surface area contributed by atoms with Crippen molar-refractivity contribution in [1.29, 1.82) is 0 Å². The number of rotatable bonds is 6. The monoisotopic (exact) mass is 169 g/mol. The van der Waals surface area contributed by atoms with Gasteiger partial charge in [0.2, 0.25) is 0 Å². The molecule has 0 saturated carbocycles. The first-order chi connectivity index (χ1) is 5.58. The Morgan fingerprint density at radius 2 is 2.00 bits per heavy atom. The van der Waals surface area contributed by atoms with E-state index >= 15 is 0 Å². The van der Waals surface area contributed by atoms with E-state index in [1.165, 1.54) is 12.8 Å². The highest BCUT2D eigenvalue weighted by Gasteiger charge is 2.23. The highest BCUT2D eigenvalue weighted by atomic mass is 14.9. The summed E-state index contributed by atoms with van der Waals surface area (Å²) < 4.78 is 0. The van der Waals surface area contributed by atoms with Gasteiger partial charge < -0.3 is 5.32 Å². The minimum absolute atomic E-state index is 0.330. The summed E-state index contributed by atoms with van der Waals surface area (Å²) in [5.41, 5.74) is 0.330. The van der Waals surface area contributed by atoms with Crippen LogP contribution in [0.2, 0.25) is 0 Å². The summed E-state index contributed by atoms with van der Waals surface area (Å²) in [7, 11) is 0. The van der Waals surface area contributed by atoms with E-state index in [-0.39, 0.29) is 0 Å². The van der Waals surface area contributed by atoms with E-state index in [1.54, 1.807) is 0 Å². The molecule has 0 aliphatic heterocycles. The molecule has 0 radical (unpaired) electrons. The standard InChI is InChI=1S/C11H23N/c1-6-9-12-10(7-2)11(4,5)8-3/h7,10,12H,2,6,8-9H2,1,3-5H3. The molecule has 12 heavy (non-hydrogen) atoms. The second kappa shape index (κ2) is 5.36. The minimum atomic E-state index is 0.330. The van der Waals surface area contributed by atoms with Crippen LogP contribution in [0.3, 0.4) is 0 Å². The Kier molecular flexibility index (Phi) is 5.23. The van der Waals surface area contributed by atoms with Crippen LogP contribution in [0.15, 0.2) is 12.7 Å². The molecule has 0 aromatic carbocycles. The van der Waals surface area contributed by atoms with Crippen molar-refractivity contribution >= 4 is 0 Å². The van der Waals surface area contributed by atoms with Crippen molar-refractivity contribution in [3.63, 3.8) is 0 Å². The Labute approximate surface area is 77.2 Å². The third-order valence-electron chi connectivity index (χ3n) is 2.60. The normalized spacial score (nSPS) is 14.3. The maximum absolute atomic E-state index is 3.87. The van der Waals surface area contributed by atoms with Gasteiger partial charge in [-0.1, -0.05) is 33.8 Å². The molecule has 0 bridgehead atoms. The van der Waals surface area contributed by atoms with Crippen molar-refractivity contribution in [3.05, 3.63) is 12.7 Å². The van der Waals surface area contributed by atoms with Crippen LogP contribution in [-0.2, 0) is 0 Å². The van der Waals surface area contributed by atoms with Crippen molar-refractivity contribution in [3.8, 4) is 0 Å². The lowest BCUT2D eigenvalue weighted by atomic mass is 9.82. The topological polar surface area (TPSA) is 12.0 Å². The molecule has 0 aromatic heterocycles. The van der Waals surface area contributed by atoms with Gasteiger partial charge in [-0.25, -0.2) is 0 Å². The van der Waals surface area contributed by atoms with Crippen LogP contribution < -0.4 is 5.32 Å². The zero-order valence-electron chi connectivity index (χ0n) is 8.98. The number of hydrogen-bond acceptors (Lipinski definition) is 1. The largest absolute Gasteiger partial charge is 0.310 e. The van der Waals surface area contributed by atoms with Crippen LogP contribution in [0.5, 0.6) is 0 Å². The Morgan fingerprint density at radius 1 is 1.42 bits per heavy atom. The fraction of sp³-hybridized carbons (Fsp3) is 0.818. The Balaban J connectivity index is 4.04. The first-order valence-electron chi connectivity index (χ1n) is 4.94. The molecule has 0 aliphatic rings. The number of hydrogen-bond donors (Lipinski definition) is 1. The average molecular weight is 169 g/mol. The van der Waals surface area contributed by atoms with E-state index in [0.717, 1.165) is 6.54 Å². The van der Waals surface area contributed by atoms with Gasteiger partial charge in [0.05, 0.1) is 0 Å². The molecule has 1 nitrogen and oxygen atoms in total. The van der Waals surface area contributed by atoms with Crippen molar-refractivity contribution in [2.75, 3.05) is 6.54 Å². The van der Waals surface area contributed by atoms with Gasteiger partial charge in [0.1, 0.15) is 0 Å². The first-order valence-corrected chi connectivity index (χ1v) is 4.94. The highest BCUT2D eigenvalue weighted by Crippen LogP contribution is 2.25. The van der Waals surface area contributed by atoms with E-state index in [0.29, 0.717) is 11.5 Å². The summed E-state index contributed by atoms with van der Waals surface area (Å²) in [5, 5.41) is 3.49. The van der Waals surface area contributed by atoms with Crippen LogP contribution >= 0.6 is 0 Å². The molecule has 1 N–H and O–H groups in total. The Morgan fingerprint density at radius 3 is 2.33 bits per heavy atom. The third kappa shape index (κ3) is 3.40. The van der Waals surface area contributed by atoms with Crippen molar-refractivity contribution < 1.29 is 0 Å². The average Bonchev–Trinajstić information content (AvgIpc) is 2.05. The fourth-order valence-corrected chi connectivity index (χ4v) is 1.20. The summed E-state index contributed by atoms with van der Waals surface area (Å²) in [5.74, 6) is 0. The Hall–Kier alpha value is -0.300. The van der Waals surface area contributed by atoms with Crippen molar-refractivity contribution in [1.82, 2.24) is 5.32 Å². The maximum atomic E-state index is 3.87. The molecule has 0 aliphatic carbocycles. The zero-order chi connectivity index (χ0) is 9.61. The van der Waals surface area contributed by atoms with Crippen LogP contribution in [0.1, 0.15) is 40.5 Å². The number of nitrogens with one attached hydrogen (secondary N) is 1. The van der Waals surface area contributed by atoms with Gasteiger partial charge in [0.25, 0.3) is 0 Å². The second-order valence-electron chi connectivity index (χ2n) is 4.01. The molecule has 0 saturated heterocycles. The fourth-order valence-electron chi connectivity index (χ4n) is 1.20. The van der Waals surface area contributed by atoms with Crippen LogP contribution in [0, 0.1) is 5.41 Å². The van der Waals surface area contributed by atoms with Crippen molar-refractivity contribution in [2.45, 2.75) is 46.6 Å². The maximum Gasteiger partial charge on any atom is 0.0298 e. The molecule has 72 valence electrons. The van der Waals surface area contributed by atoms with Gasteiger partial charge in [-0.3, -0.25) is 0 Å². The summed E-state index contributed by atoms with van der Waals surface area (Å²) >= 11 is 0. The van der Waals surface area contributed by atoms with E-state index < -0.39 is 0 Å². The minimum Gasteiger partial charge on any atom is -0.310 e. The summed E-state index contributed by atoms with van der Waals surface area (Å²) in [4.78, 5) is 0. The third-order valence-corrected chi connectivity index (χ3v) is 2.60. The van der Waals surface area contributed by atoms with E-state index in [9.17, 15) is 0 Å². The molecule has 0 spiro atoms. The lowest BCUT2D eigenvalue weighted by molar-refractivity contribution is 0.271. The van der Waals surface area contributed by atoms with Crippen molar-refractivity contribution in [2.24, 2.45) is 5.41 Å². The van der Waals surface area contributed by atoms with Gasteiger partial charge in [-0.05, 0) is 24.8 Å². The van der Waals surface area contributed by atoms with Gasteiger partial charge in [0, 0.05) is 6.04 Å². The predicted octanol–water partition coefficient (Wildman–Crippen LogP) is 2.98. The summed E-state index contributed by atoms with van der Waals surface area (Å²) in [6, 6.07) is 0.447. The molecule has 0 aromatic rings. The first kappa shape index (κ1) is 11.7. The molecule has 0 amide bonds. The molecule has 0 rings (SSSR count).